The Hall–Kier alpha value is -4.16. The van der Waals surface area contributed by atoms with Crippen LogP contribution in [0, 0.1) is 13.8 Å². The van der Waals surface area contributed by atoms with Crippen LogP contribution >= 0.6 is 0 Å². The van der Waals surface area contributed by atoms with E-state index in [-0.39, 0.29) is 0 Å². The van der Waals surface area contributed by atoms with Gasteiger partial charge in [-0.1, -0.05) is 182 Å². The van der Waals surface area contributed by atoms with E-state index >= 15 is 0 Å². The highest BCUT2D eigenvalue weighted by Crippen LogP contribution is 2.46. The minimum atomic E-state index is 1.12. The molecule has 0 aromatic heterocycles. The van der Waals surface area contributed by atoms with Crippen molar-refractivity contribution in [1.29, 1.82) is 0 Å². The van der Waals surface area contributed by atoms with Crippen molar-refractivity contribution in [1.82, 2.24) is 0 Å². The molecule has 0 fully saturated rings. The Morgan fingerprint density at radius 2 is 0.927 bits per heavy atom. The summed E-state index contributed by atoms with van der Waals surface area (Å²) in [7, 11) is 0. The summed E-state index contributed by atoms with van der Waals surface area (Å²) < 4.78 is 0. The summed E-state index contributed by atoms with van der Waals surface area (Å²) in [6.45, 7) is 24.6. The topological polar surface area (TPSA) is 0 Å². The number of allylic oxidation sites excluding steroid dienone is 6. The average molecular weight is 543 g/mol. The van der Waals surface area contributed by atoms with E-state index in [1.165, 1.54) is 56.5 Å². The van der Waals surface area contributed by atoms with Crippen molar-refractivity contribution in [3.63, 3.8) is 0 Å². The summed E-state index contributed by atoms with van der Waals surface area (Å²) in [6, 6.07) is 32.1. The monoisotopic (exact) mass is 542 g/mol. The highest BCUT2D eigenvalue weighted by molar-refractivity contribution is 6.00. The highest BCUT2D eigenvalue weighted by Gasteiger charge is 2.23. The van der Waals surface area contributed by atoms with E-state index < -0.39 is 0 Å². The second-order valence-electron chi connectivity index (χ2n) is 9.01. The first-order chi connectivity index (χ1) is 20.1. The van der Waals surface area contributed by atoms with Gasteiger partial charge in [-0.3, -0.25) is 0 Å². The minimum absolute atomic E-state index is 1.12. The quantitative estimate of drug-likeness (QED) is 0.204. The van der Waals surface area contributed by atoms with Gasteiger partial charge in [-0.05, 0) is 69.5 Å². The fourth-order valence-electron chi connectivity index (χ4n) is 4.78. The lowest BCUT2D eigenvalue weighted by atomic mass is 9.78. The van der Waals surface area contributed by atoms with Gasteiger partial charge in [0.25, 0.3) is 0 Å². The van der Waals surface area contributed by atoms with Crippen LogP contribution in [0.15, 0.2) is 135 Å². The standard InChI is InChI=1S/C34H30.C3H8.2C2H6/c1-5-7-18-27(17-6-2)31-25(3)33(29-21-13-9-14-22-29)34(30-23-15-10-16-24-30)26(4)32(31)28-19-11-8-12-20-28;1-3-2;2*1-2/h5-24H,1-2H2,3-4H3;3H2,1-2H3;2*1-2H3/b18-7-,27-17+;;;. The smallest absolute Gasteiger partial charge is 0.00668 e. The molecule has 0 bridgehead atoms. The zero-order chi connectivity index (χ0) is 30.6. The van der Waals surface area contributed by atoms with Gasteiger partial charge < -0.3 is 0 Å². The molecule has 0 N–H and O–H groups in total. The van der Waals surface area contributed by atoms with Crippen molar-refractivity contribution in [2.24, 2.45) is 0 Å². The molecule has 214 valence electrons. The maximum absolute atomic E-state index is 4.00. The molecule has 0 radical (unpaired) electrons. The molecule has 0 saturated heterocycles. The third-order valence-electron chi connectivity index (χ3n) is 6.19. The fourth-order valence-corrected chi connectivity index (χ4v) is 4.78. The van der Waals surface area contributed by atoms with Crippen LogP contribution < -0.4 is 0 Å². The number of rotatable bonds is 7. The van der Waals surface area contributed by atoms with E-state index in [2.05, 4.69) is 144 Å². The van der Waals surface area contributed by atoms with Gasteiger partial charge in [0.05, 0.1) is 0 Å². The summed E-state index contributed by atoms with van der Waals surface area (Å²) in [5.41, 5.74) is 12.3. The van der Waals surface area contributed by atoms with E-state index in [9.17, 15) is 0 Å². The maximum Gasteiger partial charge on any atom is -0.00668 e. The molecular weight excluding hydrogens is 492 g/mol. The summed E-state index contributed by atoms with van der Waals surface area (Å²) in [5, 5.41) is 0. The van der Waals surface area contributed by atoms with Crippen LogP contribution in [0.25, 0.3) is 39.0 Å². The molecule has 0 unspecified atom stereocenters. The van der Waals surface area contributed by atoms with Gasteiger partial charge in [0, 0.05) is 0 Å². The van der Waals surface area contributed by atoms with Gasteiger partial charge in [-0.25, -0.2) is 0 Å². The van der Waals surface area contributed by atoms with E-state index in [1.807, 2.05) is 45.9 Å². The summed E-state index contributed by atoms with van der Waals surface area (Å²) in [6.07, 6.45) is 11.1. The van der Waals surface area contributed by atoms with Crippen LogP contribution in [0.4, 0.5) is 0 Å². The van der Waals surface area contributed by atoms with Gasteiger partial charge in [-0.2, -0.15) is 0 Å². The predicted molar refractivity (Wildman–Crippen MR) is 188 cm³/mol. The van der Waals surface area contributed by atoms with Crippen LogP contribution in [-0.4, -0.2) is 0 Å². The van der Waals surface area contributed by atoms with Gasteiger partial charge >= 0.3 is 0 Å². The Morgan fingerprint density at radius 3 is 1.29 bits per heavy atom. The first-order valence-corrected chi connectivity index (χ1v) is 15.0. The lowest BCUT2D eigenvalue weighted by Gasteiger charge is -2.25. The average Bonchev–Trinajstić information content (AvgIpc) is 3.03. The van der Waals surface area contributed by atoms with E-state index in [0.717, 1.165) is 5.57 Å². The molecule has 41 heavy (non-hydrogen) atoms. The van der Waals surface area contributed by atoms with Gasteiger partial charge in [0.2, 0.25) is 0 Å². The van der Waals surface area contributed by atoms with E-state index in [4.69, 9.17) is 0 Å². The van der Waals surface area contributed by atoms with Crippen LogP contribution in [0.1, 0.15) is 64.7 Å². The minimum Gasteiger partial charge on any atom is -0.0991 e. The predicted octanol–water partition coefficient (Wildman–Crippen LogP) is 13.1. The van der Waals surface area contributed by atoms with E-state index in [1.54, 1.807) is 0 Å². The first kappa shape index (κ1) is 34.9. The molecule has 4 aromatic carbocycles. The molecule has 4 rings (SSSR count). The molecule has 0 aliphatic heterocycles. The Labute approximate surface area is 251 Å². The van der Waals surface area contributed by atoms with Crippen molar-refractivity contribution in [3.8, 4) is 33.4 Å². The molecule has 0 heteroatoms. The molecule has 0 saturated carbocycles. The van der Waals surface area contributed by atoms with Crippen molar-refractivity contribution in [3.05, 3.63) is 151 Å². The summed E-state index contributed by atoms with van der Waals surface area (Å²) >= 11 is 0. The van der Waals surface area contributed by atoms with Gasteiger partial charge in [0.1, 0.15) is 0 Å². The summed E-state index contributed by atoms with van der Waals surface area (Å²) in [5.74, 6) is 0. The Balaban J connectivity index is 0.00000110. The molecule has 0 aliphatic rings. The normalized spacial score (nSPS) is 10.3. The summed E-state index contributed by atoms with van der Waals surface area (Å²) in [4.78, 5) is 0. The number of benzene rings is 4. The van der Waals surface area contributed by atoms with Crippen molar-refractivity contribution >= 4 is 5.57 Å². The molecular formula is C41H50. The Bertz CT molecular complexity index is 1370. The van der Waals surface area contributed by atoms with Crippen molar-refractivity contribution in [2.45, 2.75) is 61.8 Å². The number of hydrogen-bond donors (Lipinski definition) is 0. The van der Waals surface area contributed by atoms with Crippen molar-refractivity contribution < 1.29 is 0 Å². The molecule has 0 atom stereocenters. The molecule has 0 nitrogen and oxygen atoms in total. The number of hydrogen-bond acceptors (Lipinski definition) is 0. The first-order valence-electron chi connectivity index (χ1n) is 15.0. The largest absolute Gasteiger partial charge is 0.0991 e. The third kappa shape index (κ3) is 9.19. The molecule has 0 aliphatic carbocycles. The Kier molecular flexibility index (Phi) is 16.9. The Morgan fingerprint density at radius 1 is 0.561 bits per heavy atom. The van der Waals surface area contributed by atoms with Crippen LogP contribution in [-0.2, 0) is 0 Å². The van der Waals surface area contributed by atoms with Crippen LogP contribution in [0.2, 0.25) is 0 Å². The van der Waals surface area contributed by atoms with Gasteiger partial charge in [-0.15, -0.1) is 0 Å². The maximum atomic E-state index is 4.00. The van der Waals surface area contributed by atoms with Crippen molar-refractivity contribution in [2.75, 3.05) is 0 Å². The van der Waals surface area contributed by atoms with Crippen LogP contribution in [0.3, 0.4) is 0 Å². The van der Waals surface area contributed by atoms with E-state index in [0.29, 0.717) is 0 Å². The lowest BCUT2D eigenvalue weighted by Crippen LogP contribution is -2.03. The molecule has 0 heterocycles. The van der Waals surface area contributed by atoms with Gasteiger partial charge in [0.15, 0.2) is 0 Å². The second kappa shape index (κ2) is 19.8. The fraction of sp³-hybridized carbons (Fsp3) is 0.220. The zero-order valence-electron chi connectivity index (χ0n) is 26.7. The third-order valence-corrected chi connectivity index (χ3v) is 6.19. The zero-order valence-corrected chi connectivity index (χ0v) is 26.7. The SMILES string of the molecule is C=C/C=C\C(=C/C=C)c1c(C)c(-c2ccccc2)c(-c2ccccc2)c(C)c1-c1ccccc1.CC.CC.CCC. The molecule has 0 amide bonds. The highest BCUT2D eigenvalue weighted by atomic mass is 14.3. The molecule has 4 aromatic rings. The molecule has 0 spiro atoms. The lowest BCUT2D eigenvalue weighted by molar-refractivity contribution is 1.09. The van der Waals surface area contributed by atoms with Crippen LogP contribution in [0.5, 0.6) is 0 Å². The second-order valence-corrected chi connectivity index (χ2v) is 9.01.